The first kappa shape index (κ1) is 77.1. The SMILES string of the molecule is C.C#CC(C#N)N1CCCN(C(C#N)C#N)C1.C#CCCN1CCCN(CCC#N)C1.C#CCN1CC(F)CN(CC#N)C1.C#CCN1CCCN(CC#N)C1.C#CCN1CN(CC#N)CN(CC#N)C1.N#CCCN1CCN(CCC#N)CC1. The van der Waals surface area contributed by atoms with Crippen molar-refractivity contribution < 1.29 is 4.39 Å². The Morgan fingerprint density at radius 1 is 0.329 bits per heavy atom. The van der Waals surface area contributed by atoms with E-state index in [2.05, 4.69) is 95.4 Å². The van der Waals surface area contributed by atoms with Crippen LogP contribution in [-0.2, 0) is 0 Å². The molecular weight excluding hydrogens is 1070 g/mol. The first-order valence-corrected chi connectivity index (χ1v) is 28.0. The molecule has 6 aliphatic heterocycles. The fraction of sp³-hybridized carbons (Fsp3) is 0.672. The van der Waals surface area contributed by atoms with Gasteiger partial charge in [-0.25, -0.2) is 4.39 Å². The van der Waals surface area contributed by atoms with Gasteiger partial charge in [-0.1, -0.05) is 31.1 Å². The summed E-state index contributed by atoms with van der Waals surface area (Å²) in [6.45, 7) is 22.3. The number of rotatable bonds is 17. The van der Waals surface area contributed by atoms with Crippen molar-refractivity contribution in [2.45, 2.75) is 70.6 Å². The highest BCUT2D eigenvalue weighted by molar-refractivity contribution is 5.14. The normalized spacial score (nSPS) is 19.7. The molecule has 0 amide bonds. The summed E-state index contributed by atoms with van der Waals surface area (Å²) in [5, 5.41) is 85.9. The Morgan fingerprint density at radius 3 is 1.07 bits per heavy atom. The Labute approximate surface area is 509 Å². The van der Waals surface area contributed by atoms with E-state index >= 15 is 0 Å². The number of hydrogen-bond acceptors (Lipinski definition) is 23. The van der Waals surface area contributed by atoms with Gasteiger partial charge in [0, 0.05) is 130 Å². The van der Waals surface area contributed by atoms with Crippen LogP contribution in [0.3, 0.4) is 0 Å². The van der Waals surface area contributed by atoms with E-state index in [1.165, 1.54) is 6.42 Å². The lowest BCUT2D eigenvalue weighted by Crippen LogP contribution is -2.54. The van der Waals surface area contributed by atoms with Crippen LogP contribution in [0.25, 0.3) is 0 Å². The molecule has 6 saturated heterocycles. The van der Waals surface area contributed by atoms with E-state index in [4.69, 9.17) is 84.7 Å². The van der Waals surface area contributed by atoms with Crippen LogP contribution >= 0.6 is 0 Å². The van der Waals surface area contributed by atoms with Crippen LogP contribution in [0.5, 0.6) is 0 Å². The zero-order valence-corrected chi connectivity index (χ0v) is 48.9. The lowest BCUT2D eigenvalue weighted by Gasteiger charge is -2.39. The summed E-state index contributed by atoms with van der Waals surface area (Å²) in [4.78, 5) is 26.6. The lowest BCUT2D eigenvalue weighted by atomic mass is 10.2. The molecule has 0 N–H and O–H groups in total. The van der Waals surface area contributed by atoms with Gasteiger partial charge in [-0.05, 0) is 19.3 Å². The van der Waals surface area contributed by atoms with Gasteiger partial charge in [0.15, 0.2) is 12.1 Å². The first-order chi connectivity index (χ1) is 40.9. The minimum absolute atomic E-state index is 0. The predicted molar refractivity (Wildman–Crippen MR) is 322 cm³/mol. The second kappa shape index (κ2) is 50.6. The monoisotopic (exact) mass is 1160 g/mol. The van der Waals surface area contributed by atoms with Crippen molar-refractivity contribution in [1.82, 2.24) is 63.7 Å². The Hall–Kier alpha value is -7.89. The fourth-order valence-corrected chi connectivity index (χ4v) is 9.60. The Balaban J connectivity index is 0.000000996. The molecule has 85 heavy (non-hydrogen) atoms. The number of halogens is 1. The van der Waals surface area contributed by atoms with Gasteiger partial charge < -0.3 is 0 Å². The molecule has 0 bridgehead atoms. The van der Waals surface area contributed by atoms with E-state index in [-0.39, 0.29) is 14.0 Å². The molecule has 0 radical (unpaired) electrons. The van der Waals surface area contributed by atoms with Crippen LogP contribution in [0.1, 0.15) is 52.4 Å². The molecule has 0 aromatic rings. The summed E-state index contributed by atoms with van der Waals surface area (Å²) in [7, 11) is 0. The second-order valence-corrected chi connectivity index (χ2v) is 20.1. The molecule has 23 nitrogen and oxygen atoms in total. The lowest BCUT2D eigenvalue weighted by molar-refractivity contribution is -0.00841. The van der Waals surface area contributed by atoms with E-state index < -0.39 is 18.3 Å². The van der Waals surface area contributed by atoms with Gasteiger partial charge in [0.2, 0.25) is 0 Å². The van der Waals surface area contributed by atoms with Crippen LogP contribution in [-0.4, -0.2) is 279 Å². The summed E-state index contributed by atoms with van der Waals surface area (Å²) in [6.07, 6.45) is 31.0. The maximum atomic E-state index is 13.1. The van der Waals surface area contributed by atoms with Crippen LogP contribution in [0.2, 0.25) is 0 Å². The fourth-order valence-electron chi connectivity index (χ4n) is 9.60. The van der Waals surface area contributed by atoms with Crippen LogP contribution < -0.4 is 0 Å². The highest BCUT2D eigenvalue weighted by atomic mass is 19.1. The van der Waals surface area contributed by atoms with Crippen LogP contribution in [0.4, 0.5) is 4.39 Å². The zero-order chi connectivity index (χ0) is 62.0. The van der Waals surface area contributed by atoms with Gasteiger partial charge in [0.25, 0.3) is 0 Å². The molecule has 0 aliphatic carbocycles. The molecular formula is C61H86FN23. The molecule has 6 aliphatic rings. The molecule has 0 aromatic carbocycles. The first-order valence-electron chi connectivity index (χ1n) is 28.0. The number of nitrogens with zero attached hydrogens (tertiary/aromatic N) is 23. The van der Waals surface area contributed by atoms with Crippen molar-refractivity contribution in [2.75, 3.05) is 197 Å². The number of hydrogen-bond donors (Lipinski definition) is 0. The molecule has 0 aromatic heterocycles. The van der Waals surface area contributed by atoms with Crippen LogP contribution in [0, 0.1) is 175 Å². The van der Waals surface area contributed by atoms with Gasteiger partial charge in [-0.15, -0.1) is 38.0 Å². The third-order valence-electron chi connectivity index (χ3n) is 13.5. The van der Waals surface area contributed by atoms with Crippen molar-refractivity contribution in [3.63, 3.8) is 0 Å². The van der Waals surface area contributed by atoms with Crippen molar-refractivity contribution in [2.24, 2.45) is 0 Å². The third-order valence-corrected chi connectivity index (χ3v) is 13.5. The molecule has 2 unspecified atom stereocenters. The maximum absolute atomic E-state index is 13.1. The van der Waals surface area contributed by atoms with Crippen LogP contribution in [0.15, 0.2) is 0 Å². The third kappa shape index (κ3) is 35.1. The van der Waals surface area contributed by atoms with Crippen molar-refractivity contribution in [3.05, 3.63) is 0 Å². The average molecular weight is 1160 g/mol. The summed E-state index contributed by atoms with van der Waals surface area (Å²) >= 11 is 0. The van der Waals surface area contributed by atoms with E-state index in [9.17, 15) is 4.39 Å². The number of alkyl halides is 1. The molecule has 0 saturated carbocycles. The molecule has 6 heterocycles. The zero-order valence-electron chi connectivity index (χ0n) is 48.9. The average Bonchev–Trinajstić information content (AvgIpc) is 3.57. The van der Waals surface area contributed by atoms with Crippen molar-refractivity contribution >= 4 is 0 Å². The summed E-state index contributed by atoms with van der Waals surface area (Å²) in [5.74, 6) is 12.7. The Bertz CT molecular complexity index is 2320. The van der Waals surface area contributed by atoms with Gasteiger partial charge in [-0.3, -0.25) is 63.7 Å². The quantitative estimate of drug-likeness (QED) is 0.147. The Kier molecular flexibility index (Phi) is 45.9. The highest BCUT2D eigenvalue weighted by Crippen LogP contribution is 2.13. The smallest absolute Gasteiger partial charge is 0.187 e. The van der Waals surface area contributed by atoms with Gasteiger partial charge in [0.05, 0.1) is 153 Å². The van der Waals surface area contributed by atoms with E-state index in [1.807, 2.05) is 43.9 Å². The number of terminal acetylenes is 5. The van der Waals surface area contributed by atoms with E-state index in [0.717, 1.165) is 118 Å². The maximum Gasteiger partial charge on any atom is 0.187 e. The minimum atomic E-state index is -0.893. The second-order valence-electron chi connectivity index (χ2n) is 20.1. The Morgan fingerprint density at radius 2 is 0.647 bits per heavy atom. The number of piperazine rings is 1. The van der Waals surface area contributed by atoms with Crippen molar-refractivity contribution in [1.29, 1.82) is 52.6 Å². The predicted octanol–water partition coefficient (Wildman–Crippen LogP) is 1.47. The summed E-state index contributed by atoms with van der Waals surface area (Å²) in [5.41, 5.74) is 0. The molecule has 24 heteroatoms. The largest absolute Gasteiger partial charge is 0.300 e. The number of nitriles is 10. The summed E-state index contributed by atoms with van der Waals surface area (Å²) < 4.78 is 13.1. The highest BCUT2D eigenvalue weighted by Gasteiger charge is 2.28. The summed E-state index contributed by atoms with van der Waals surface area (Å²) in [6, 6.07) is 19.4. The van der Waals surface area contributed by atoms with Gasteiger partial charge in [-0.2, -0.15) is 52.6 Å². The van der Waals surface area contributed by atoms with E-state index in [1.54, 1.807) is 14.7 Å². The molecule has 6 fully saturated rings. The van der Waals surface area contributed by atoms with Gasteiger partial charge >= 0.3 is 0 Å². The van der Waals surface area contributed by atoms with E-state index in [0.29, 0.717) is 112 Å². The van der Waals surface area contributed by atoms with Gasteiger partial charge in [0.1, 0.15) is 6.17 Å². The molecule has 6 rings (SSSR count). The van der Waals surface area contributed by atoms with Crippen molar-refractivity contribution in [3.8, 4) is 122 Å². The molecule has 2 atom stereocenters. The topological polar surface area (TPSA) is 280 Å². The molecule has 0 spiro atoms. The minimum Gasteiger partial charge on any atom is -0.300 e. The standard InChI is InChI=1S/C11H11N5.C11H17N3.C10H13N5.C10H16N4.C9H12FN3.C9H13N3.CH4/c1-2-10(6-12)15-4-3-5-16(9-15)11(7-13)8-14;1-2-3-7-13-9-5-10-14(11-13)8-4-6-12;1-2-5-13-8-14(6-3-11)10-15(9-13)7-4-12;11-3-1-5-13-7-9-14(10-8-13)6-2-4-12;1-2-4-12-6-9(10)7-13(8-12)5-3-11;1-2-5-11-6-3-7-12(9-11)8-4-10;/h1,10-11H,3-5,9H2;1H,3-5,7-11H2;1H,5-10H2;1-2,5-10H2;1,9H,4-8H2;1H,3,5-9H2;1H4. The molecule has 452 valence electrons.